The van der Waals surface area contributed by atoms with Crippen molar-refractivity contribution in [2.75, 3.05) is 26.3 Å². The maximum atomic E-state index is 13.0. The maximum Gasteiger partial charge on any atom is 0.255 e. The molecule has 3 aliphatic heterocycles. The summed E-state index contributed by atoms with van der Waals surface area (Å²) in [6.45, 7) is 2.86. The number of amides is 3. The van der Waals surface area contributed by atoms with Crippen LogP contribution in [0.25, 0.3) is 0 Å². The number of rotatable bonds is 6. The Morgan fingerprint density at radius 2 is 1.94 bits per heavy atom. The van der Waals surface area contributed by atoms with Crippen molar-refractivity contribution in [2.24, 2.45) is 0 Å². The van der Waals surface area contributed by atoms with Gasteiger partial charge in [0.25, 0.3) is 5.91 Å². The van der Waals surface area contributed by atoms with Crippen molar-refractivity contribution in [1.29, 1.82) is 0 Å². The minimum absolute atomic E-state index is 0.162. The average Bonchev–Trinajstić information content (AvgIpc) is 3.17. The molecule has 2 atom stereocenters. The lowest BCUT2D eigenvalue weighted by atomic mass is 10.0. The second-order valence-electron chi connectivity index (χ2n) is 8.46. The van der Waals surface area contributed by atoms with Crippen LogP contribution in [0.1, 0.15) is 42.6 Å². The average molecular weight is 452 g/mol. The molecule has 3 amide bonds. The smallest absolute Gasteiger partial charge is 0.255 e. The van der Waals surface area contributed by atoms with Crippen molar-refractivity contribution in [2.45, 2.75) is 38.6 Å². The fourth-order valence-corrected chi connectivity index (χ4v) is 4.45. The van der Waals surface area contributed by atoms with E-state index < -0.39 is 18.5 Å². The van der Waals surface area contributed by atoms with E-state index in [0.717, 1.165) is 25.2 Å². The second-order valence-corrected chi connectivity index (χ2v) is 8.46. The van der Waals surface area contributed by atoms with Crippen LogP contribution in [0.15, 0.2) is 42.4 Å². The van der Waals surface area contributed by atoms with Crippen LogP contribution < -0.4 is 10.1 Å². The fourth-order valence-electron chi connectivity index (χ4n) is 4.45. The van der Waals surface area contributed by atoms with E-state index in [1.165, 1.54) is 4.90 Å². The van der Waals surface area contributed by atoms with E-state index in [9.17, 15) is 14.4 Å². The standard InChI is InChI=1S/C25H27N3O5/c29-23-9-8-21(24(30)26-23)28-15-20-19(25(28)31)2-1-3-22(20)33-16-18-6-4-17(5-7-18)14-27-10-12-32-13-11-27/h1-7,21H,8-16H2,(H,26,29,30)/i6D,16D. The van der Waals surface area contributed by atoms with Crippen molar-refractivity contribution in [3.05, 3.63) is 64.7 Å². The van der Waals surface area contributed by atoms with Gasteiger partial charge < -0.3 is 14.4 Å². The molecule has 172 valence electrons. The van der Waals surface area contributed by atoms with Crippen LogP contribution in [0.3, 0.4) is 0 Å². The molecule has 2 unspecified atom stereocenters. The van der Waals surface area contributed by atoms with Crippen molar-refractivity contribution >= 4 is 17.7 Å². The number of fused-ring (bicyclic) bond motifs is 1. The number of benzene rings is 2. The predicted octanol–water partition coefficient (Wildman–Crippen LogP) is 1.86. The molecule has 2 fully saturated rings. The Kier molecular flexibility index (Phi) is 5.44. The van der Waals surface area contributed by atoms with E-state index in [0.29, 0.717) is 35.7 Å². The fraction of sp³-hybridized carbons (Fsp3) is 0.400. The molecule has 8 nitrogen and oxygen atoms in total. The maximum absolute atomic E-state index is 13.0. The summed E-state index contributed by atoms with van der Waals surface area (Å²) in [5.74, 6) is -0.726. The number of hydrogen-bond donors (Lipinski definition) is 1. The summed E-state index contributed by atoms with van der Waals surface area (Å²) in [5, 5.41) is 2.30. The first-order chi connectivity index (χ1) is 16.9. The molecular weight excluding hydrogens is 422 g/mol. The summed E-state index contributed by atoms with van der Waals surface area (Å²) in [7, 11) is 0. The highest BCUT2D eigenvalue weighted by atomic mass is 16.5. The van der Waals surface area contributed by atoms with E-state index in [1.54, 1.807) is 30.3 Å². The Balaban J connectivity index is 1.30. The van der Waals surface area contributed by atoms with Crippen LogP contribution in [-0.4, -0.2) is 59.9 Å². The molecule has 0 radical (unpaired) electrons. The van der Waals surface area contributed by atoms with Gasteiger partial charge in [-0.15, -0.1) is 0 Å². The molecular formula is C25H27N3O5. The van der Waals surface area contributed by atoms with Gasteiger partial charge in [0.05, 0.1) is 22.5 Å². The highest BCUT2D eigenvalue weighted by molar-refractivity contribution is 6.05. The molecule has 2 aromatic rings. The predicted molar refractivity (Wildman–Crippen MR) is 119 cm³/mol. The third-order valence-electron chi connectivity index (χ3n) is 6.26. The number of ether oxygens (including phenoxy) is 2. The molecule has 8 heteroatoms. The number of piperidine rings is 1. The van der Waals surface area contributed by atoms with Crippen molar-refractivity contribution in [3.63, 3.8) is 0 Å². The second kappa shape index (κ2) is 9.33. The zero-order chi connectivity index (χ0) is 24.5. The number of morpholine rings is 1. The van der Waals surface area contributed by atoms with Gasteiger partial charge in [0, 0.05) is 37.2 Å². The monoisotopic (exact) mass is 451 g/mol. The number of imide groups is 1. The van der Waals surface area contributed by atoms with E-state index in [4.69, 9.17) is 12.2 Å². The molecule has 0 aromatic heterocycles. The minimum atomic E-state index is -1.15. The van der Waals surface area contributed by atoms with Crippen LogP contribution in [0.4, 0.5) is 0 Å². The lowest BCUT2D eigenvalue weighted by Crippen LogP contribution is -2.52. The van der Waals surface area contributed by atoms with Crippen molar-refractivity contribution in [1.82, 2.24) is 15.1 Å². The first-order valence-electron chi connectivity index (χ1n) is 12.2. The number of nitrogens with one attached hydrogen (secondary N) is 1. The van der Waals surface area contributed by atoms with Gasteiger partial charge in [0.1, 0.15) is 18.4 Å². The molecule has 3 heterocycles. The SMILES string of the molecule is [2H]c1cc(CN2CCOCC2)ccc1C([2H])Oc1cccc2c1CN(C1CCC(=O)NC1=O)C2=O. The van der Waals surface area contributed by atoms with Crippen LogP contribution in [-0.2, 0) is 34.0 Å². The van der Waals surface area contributed by atoms with Crippen LogP contribution in [0, 0.1) is 0 Å². The van der Waals surface area contributed by atoms with Crippen LogP contribution in [0.5, 0.6) is 5.75 Å². The van der Waals surface area contributed by atoms with E-state index >= 15 is 0 Å². The molecule has 0 saturated carbocycles. The Labute approximate surface area is 195 Å². The molecule has 2 saturated heterocycles. The lowest BCUT2D eigenvalue weighted by molar-refractivity contribution is -0.136. The Morgan fingerprint density at radius 1 is 1.12 bits per heavy atom. The summed E-state index contributed by atoms with van der Waals surface area (Å²) < 4.78 is 28.3. The van der Waals surface area contributed by atoms with Gasteiger partial charge in [-0.1, -0.05) is 30.3 Å². The van der Waals surface area contributed by atoms with Gasteiger partial charge in [-0.2, -0.15) is 0 Å². The van der Waals surface area contributed by atoms with Gasteiger partial charge in [-0.25, -0.2) is 0 Å². The Hall–Kier alpha value is -3.23. The van der Waals surface area contributed by atoms with E-state index in [-0.39, 0.29) is 37.2 Å². The summed E-state index contributed by atoms with van der Waals surface area (Å²) >= 11 is 0. The first kappa shape index (κ1) is 19.3. The number of hydrogen-bond acceptors (Lipinski definition) is 6. The van der Waals surface area contributed by atoms with Gasteiger partial charge in [0.15, 0.2) is 0 Å². The third kappa shape index (κ3) is 4.62. The van der Waals surface area contributed by atoms with Gasteiger partial charge >= 0.3 is 0 Å². The number of nitrogens with zero attached hydrogens (tertiary/aromatic N) is 2. The molecule has 0 bridgehead atoms. The third-order valence-corrected chi connectivity index (χ3v) is 6.26. The van der Waals surface area contributed by atoms with Crippen LogP contribution >= 0.6 is 0 Å². The molecule has 0 spiro atoms. The first-order valence-corrected chi connectivity index (χ1v) is 11.2. The zero-order valence-electron chi connectivity index (χ0n) is 20.2. The van der Waals surface area contributed by atoms with Crippen molar-refractivity contribution < 1.29 is 26.6 Å². The number of carbonyl (C=O) groups excluding carboxylic acids is 3. The molecule has 2 aromatic carbocycles. The summed E-state index contributed by atoms with van der Waals surface area (Å²) in [6.07, 6.45) is 0.461. The van der Waals surface area contributed by atoms with E-state index in [2.05, 4.69) is 10.2 Å². The highest BCUT2D eigenvalue weighted by Gasteiger charge is 2.40. The minimum Gasteiger partial charge on any atom is -0.489 e. The lowest BCUT2D eigenvalue weighted by Gasteiger charge is -2.29. The highest BCUT2D eigenvalue weighted by Crippen LogP contribution is 2.34. The molecule has 3 aliphatic rings. The molecule has 1 N–H and O–H groups in total. The quantitative estimate of drug-likeness (QED) is 0.675. The summed E-state index contributed by atoms with van der Waals surface area (Å²) in [4.78, 5) is 40.5. The van der Waals surface area contributed by atoms with Gasteiger partial charge in [0.2, 0.25) is 11.8 Å². The van der Waals surface area contributed by atoms with Gasteiger partial charge in [-0.3, -0.25) is 24.6 Å². The largest absolute Gasteiger partial charge is 0.489 e. The Bertz CT molecular complexity index is 1170. The van der Waals surface area contributed by atoms with Crippen molar-refractivity contribution in [3.8, 4) is 5.75 Å². The summed E-state index contributed by atoms with van der Waals surface area (Å²) in [5.41, 5.74) is 2.46. The van der Waals surface area contributed by atoms with E-state index in [1.807, 2.05) is 6.07 Å². The zero-order valence-corrected chi connectivity index (χ0v) is 18.2. The number of carbonyl (C=O) groups is 3. The summed E-state index contributed by atoms with van der Waals surface area (Å²) in [6, 6.07) is 9.98. The topological polar surface area (TPSA) is 88.2 Å². The molecule has 33 heavy (non-hydrogen) atoms. The van der Waals surface area contributed by atoms with Gasteiger partial charge in [-0.05, 0) is 29.7 Å². The molecule has 0 aliphatic carbocycles. The normalized spacial score (nSPS) is 23.0. The Morgan fingerprint density at radius 3 is 2.73 bits per heavy atom. The van der Waals surface area contributed by atoms with Crippen LogP contribution in [0.2, 0.25) is 0 Å². The molecule has 5 rings (SSSR count).